The first-order valence-corrected chi connectivity index (χ1v) is 7.73. The molecule has 1 aromatic carbocycles. The molecule has 1 aliphatic rings. The van der Waals surface area contributed by atoms with Crippen molar-refractivity contribution in [1.82, 2.24) is 4.90 Å². The van der Waals surface area contributed by atoms with Crippen LogP contribution in [0, 0.1) is 0 Å². The van der Waals surface area contributed by atoms with E-state index in [1.54, 1.807) is 0 Å². The zero-order valence-corrected chi connectivity index (χ0v) is 13.1. The molecule has 2 rings (SSSR count). The second-order valence-corrected chi connectivity index (χ2v) is 6.27. The Balaban J connectivity index is 2.16. The molecule has 0 bridgehead atoms. The van der Waals surface area contributed by atoms with E-state index in [9.17, 15) is 0 Å². The van der Waals surface area contributed by atoms with Crippen LogP contribution in [0.4, 0.5) is 0 Å². The highest BCUT2D eigenvalue weighted by atomic mass is 16.5. The Morgan fingerprint density at radius 1 is 1.35 bits per heavy atom. The molecule has 0 spiro atoms. The van der Waals surface area contributed by atoms with E-state index in [1.807, 2.05) is 0 Å². The average molecular weight is 276 g/mol. The summed E-state index contributed by atoms with van der Waals surface area (Å²) in [5.74, 6) is 0. The predicted octanol–water partition coefficient (Wildman–Crippen LogP) is 2.75. The molecule has 1 heterocycles. The number of hydrogen-bond donors (Lipinski definition) is 1. The topological polar surface area (TPSA) is 38.5 Å². The van der Waals surface area contributed by atoms with E-state index in [0.717, 1.165) is 32.5 Å². The smallest absolute Gasteiger partial charge is 0.0954 e. The molecule has 1 aromatic rings. The number of rotatable bonds is 6. The first-order chi connectivity index (χ1) is 9.58. The first-order valence-electron chi connectivity index (χ1n) is 7.73. The Hall–Kier alpha value is -0.900. The van der Waals surface area contributed by atoms with Crippen molar-refractivity contribution < 1.29 is 4.74 Å². The largest absolute Gasteiger partial charge is 0.372 e. The van der Waals surface area contributed by atoms with Gasteiger partial charge in [0.05, 0.1) is 12.7 Å². The van der Waals surface area contributed by atoms with Crippen LogP contribution in [0.5, 0.6) is 0 Å². The van der Waals surface area contributed by atoms with Crippen LogP contribution in [-0.2, 0) is 11.2 Å². The van der Waals surface area contributed by atoms with Crippen LogP contribution in [0.3, 0.4) is 0 Å². The van der Waals surface area contributed by atoms with Gasteiger partial charge < -0.3 is 10.5 Å². The summed E-state index contributed by atoms with van der Waals surface area (Å²) >= 11 is 0. The molecule has 1 unspecified atom stereocenters. The molecule has 1 atom stereocenters. The summed E-state index contributed by atoms with van der Waals surface area (Å²) < 4.78 is 6.04. The molecular weight excluding hydrogens is 248 g/mol. The van der Waals surface area contributed by atoms with Crippen LogP contribution in [0.1, 0.15) is 44.4 Å². The molecule has 20 heavy (non-hydrogen) atoms. The van der Waals surface area contributed by atoms with E-state index in [1.165, 1.54) is 11.1 Å². The molecule has 112 valence electrons. The van der Waals surface area contributed by atoms with Gasteiger partial charge in [-0.3, -0.25) is 4.90 Å². The van der Waals surface area contributed by atoms with E-state index in [4.69, 9.17) is 10.5 Å². The van der Waals surface area contributed by atoms with Gasteiger partial charge in [-0.05, 0) is 44.4 Å². The summed E-state index contributed by atoms with van der Waals surface area (Å²) in [5.41, 5.74) is 8.76. The van der Waals surface area contributed by atoms with Crippen molar-refractivity contribution in [1.29, 1.82) is 0 Å². The molecule has 2 N–H and O–H groups in total. The van der Waals surface area contributed by atoms with Crippen molar-refractivity contribution in [3.8, 4) is 0 Å². The van der Waals surface area contributed by atoms with Crippen molar-refractivity contribution >= 4 is 0 Å². The fourth-order valence-electron chi connectivity index (χ4n) is 2.87. The second kappa shape index (κ2) is 6.70. The minimum absolute atomic E-state index is 0.0196. The van der Waals surface area contributed by atoms with Gasteiger partial charge in [0.2, 0.25) is 0 Å². The Morgan fingerprint density at radius 2 is 2.10 bits per heavy atom. The molecule has 0 aliphatic carbocycles. The maximum Gasteiger partial charge on any atom is 0.0954 e. The standard InChI is InChI=1S/C17H28N2O/c1-4-10-19(17(2,3)13-18)12-16-15-8-6-5-7-14(15)9-11-20-16/h5-8,16H,4,9-13,18H2,1-3H3. The summed E-state index contributed by atoms with van der Waals surface area (Å²) in [7, 11) is 0. The minimum atomic E-state index is 0.0196. The van der Waals surface area contributed by atoms with Crippen LogP contribution >= 0.6 is 0 Å². The Kier molecular flexibility index (Phi) is 5.19. The normalized spacial score (nSPS) is 19.1. The molecule has 3 heteroatoms. The summed E-state index contributed by atoms with van der Waals surface area (Å²) in [4.78, 5) is 2.47. The molecule has 0 saturated heterocycles. The zero-order valence-electron chi connectivity index (χ0n) is 13.1. The predicted molar refractivity (Wildman–Crippen MR) is 83.8 cm³/mol. The van der Waals surface area contributed by atoms with Gasteiger partial charge in [0.25, 0.3) is 0 Å². The lowest BCUT2D eigenvalue weighted by Crippen LogP contribution is -2.51. The van der Waals surface area contributed by atoms with Gasteiger partial charge >= 0.3 is 0 Å². The number of benzene rings is 1. The van der Waals surface area contributed by atoms with E-state index >= 15 is 0 Å². The number of nitrogens with two attached hydrogens (primary N) is 1. The van der Waals surface area contributed by atoms with Crippen molar-refractivity contribution in [2.24, 2.45) is 5.73 Å². The molecule has 0 aromatic heterocycles. The Labute approximate surface area is 123 Å². The minimum Gasteiger partial charge on any atom is -0.372 e. The fraction of sp³-hybridized carbons (Fsp3) is 0.647. The van der Waals surface area contributed by atoms with E-state index in [-0.39, 0.29) is 11.6 Å². The highest BCUT2D eigenvalue weighted by Gasteiger charge is 2.29. The quantitative estimate of drug-likeness (QED) is 0.868. The van der Waals surface area contributed by atoms with Crippen LogP contribution in [0.2, 0.25) is 0 Å². The van der Waals surface area contributed by atoms with E-state index in [0.29, 0.717) is 6.54 Å². The highest BCUT2D eigenvalue weighted by molar-refractivity contribution is 5.31. The summed E-state index contributed by atoms with van der Waals surface area (Å²) in [5, 5.41) is 0. The number of fused-ring (bicyclic) bond motifs is 1. The SMILES string of the molecule is CCCN(CC1OCCc2ccccc21)C(C)(C)CN. The van der Waals surface area contributed by atoms with Gasteiger partial charge in [-0.25, -0.2) is 0 Å². The van der Waals surface area contributed by atoms with E-state index < -0.39 is 0 Å². The lowest BCUT2D eigenvalue weighted by atomic mass is 9.95. The maximum atomic E-state index is 6.04. The van der Waals surface area contributed by atoms with E-state index in [2.05, 4.69) is 49.9 Å². The molecule has 0 fully saturated rings. The third kappa shape index (κ3) is 3.40. The van der Waals surface area contributed by atoms with Gasteiger partial charge in [0.1, 0.15) is 0 Å². The Morgan fingerprint density at radius 3 is 2.80 bits per heavy atom. The monoisotopic (exact) mass is 276 g/mol. The van der Waals surface area contributed by atoms with Crippen molar-refractivity contribution in [3.63, 3.8) is 0 Å². The number of nitrogens with zero attached hydrogens (tertiary/aromatic N) is 1. The van der Waals surface area contributed by atoms with Crippen molar-refractivity contribution in [2.75, 3.05) is 26.2 Å². The van der Waals surface area contributed by atoms with Gasteiger partial charge in [-0.15, -0.1) is 0 Å². The van der Waals surface area contributed by atoms with Crippen molar-refractivity contribution in [3.05, 3.63) is 35.4 Å². The third-order valence-electron chi connectivity index (χ3n) is 4.33. The van der Waals surface area contributed by atoms with Gasteiger partial charge in [0, 0.05) is 18.6 Å². The second-order valence-electron chi connectivity index (χ2n) is 6.27. The summed E-state index contributed by atoms with van der Waals surface area (Å²) in [6, 6.07) is 8.66. The van der Waals surface area contributed by atoms with Crippen LogP contribution in [-0.4, -0.2) is 36.7 Å². The average Bonchev–Trinajstić information content (AvgIpc) is 2.47. The third-order valence-corrected chi connectivity index (χ3v) is 4.33. The van der Waals surface area contributed by atoms with Gasteiger partial charge in [-0.1, -0.05) is 31.2 Å². The lowest BCUT2D eigenvalue weighted by molar-refractivity contribution is -0.00789. The highest BCUT2D eigenvalue weighted by Crippen LogP contribution is 2.29. The van der Waals surface area contributed by atoms with Crippen LogP contribution in [0.15, 0.2) is 24.3 Å². The summed E-state index contributed by atoms with van der Waals surface area (Å²) in [6.45, 7) is 10.1. The van der Waals surface area contributed by atoms with Crippen LogP contribution in [0.25, 0.3) is 0 Å². The molecular formula is C17H28N2O. The summed E-state index contributed by atoms with van der Waals surface area (Å²) in [6.07, 6.45) is 2.34. The van der Waals surface area contributed by atoms with Gasteiger partial charge in [-0.2, -0.15) is 0 Å². The van der Waals surface area contributed by atoms with Crippen molar-refractivity contribution in [2.45, 2.75) is 45.3 Å². The van der Waals surface area contributed by atoms with Gasteiger partial charge in [0.15, 0.2) is 0 Å². The lowest BCUT2D eigenvalue weighted by Gasteiger charge is -2.40. The molecule has 0 saturated carbocycles. The molecule has 0 radical (unpaired) electrons. The molecule has 0 amide bonds. The molecule has 1 aliphatic heterocycles. The zero-order chi connectivity index (χ0) is 14.6. The first kappa shape index (κ1) is 15.5. The number of hydrogen-bond acceptors (Lipinski definition) is 3. The fourth-order valence-corrected chi connectivity index (χ4v) is 2.87. The number of ether oxygens (including phenoxy) is 1. The van der Waals surface area contributed by atoms with Crippen LogP contribution < -0.4 is 5.73 Å². The molecule has 3 nitrogen and oxygen atoms in total. The Bertz CT molecular complexity index is 431. The maximum absolute atomic E-state index is 6.04.